The third-order valence-corrected chi connectivity index (χ3v) is 6.06. The number of aliphatic hydroxyl groups excluding tert-OH is 4. The first-order valence-corrected chi connectivity index (χ1v) is 12.9. The summed E-state index contributed by atoms with van der Waals surface area (Å²) in [7, 11) is 0. The SMILES string of the molecule is CCCCCCCCCCCCCC(=O)NC(CO)C(O)C(O)C(O)CCCCCC. The second-order valence-electron chi connectivity index (χ2n) is 9.04. The molecule has 0 spiro atoms. The van der Waals surface area contributed by atoms with Crippen LogP contribution in [-0.4, -0.2) is 57.3 Å². The first-order chi connectivity index (χ1) is 15.0. The second-order valence-corrected chi connectivity index (χ2v) is 9.04. The molecule has 0 aliphatic heterocycles. The van der Waals surface area contributed by atoms with Gasteiger partial charge in [-0.05, 0) is 12.8 Å². The van der Waals surface area contributed by atoms with E-state index in [0.29, 0.717) is 12.8 Å². The van der Waals surface area contributed by atoms with E-state index in [4.69, 9.17) is 0 Å². The Balaban J connectivity index is 3.92. The molecule has 5 N–H and O–H groups in total. The Morgan fingerprint density at radius 3 is 1.61 bits per heavy atom. The number of nitrogens with one attached hydrogen (secondary N) is 1. The van der Waals surface area contributed by atoms with Gasteiger partial charge in [-0.1, -0.05) is 104 Å². The minimum absolute atomic E-state index is 0.237. The summed E-state index contributed by atoms with van der Waals surface area (Å²) < 4.78 is 0. The van der Waals surface area contributed by atoms with E-state index in [1.807, 2.05) is 0 Å². The Labute approximate surface area is 190 Å². The van der Waals surface area contributed by atoms with Crippen LogP contribution in [0.5, 0.6) is 0 Å². The summed E-state index contributed by atoms with van der Waals surface area (Å²) in [5, 5.41) is 42.6. The monoisotopic (exact) mass is 445 g/mol. The number of aliphatic hydroxyl groups is 4. The van der Waals surface area contributed by atoms with E-state index >= 15 is 0 Å². The van der Waals surface area contributed by atoms with Crippen LogP contribution in [0.3, 0.4) is 0 Å². The lowest BCUT2D eigenvalue weighted by molar-refractivity contribution is -0.126. The number of rotatable bonds is 22. The van der Waals surface area contributed by atoms with Gasteiger partial charge < -0.3 is 25.7 Å². The maximum Gasteiger partial charge on any atom is 0.220 e. The lowest BCUT2D eigenvalue weighted by Crippen LogP contribution is -2.53. The lowest BCUT2D eigenvalue weighted by Gasteiger charge is -2.29. The molecule has 31 heavy (non-hydrogen) atoms. The van der Waals surface area contributed by atoms with Gasteiger partial charge in [-0.25, -0.2) is 0 Å². The highest BCUT2D eigenvalue weighted by Gasteiger charge is 2.31. The van der Waals surface area contributed by atoms with E-state index in [2.05, 4.69) is 19.2 Å². The quantitative estimate of drug-likeness (QED) is 0.160. The highest BCUT2D eigenvalue weighted by Crippen LogP contribution is 2.14. The predicted octanol–water partition coefficient (Wildman–Crippen LogP) is 4.22. The van der Waals surface area contributed by atoms with Crippen LogP contribution in [0.25, 0.3) is 0 Å². The van der Waals surface area contributed by atoms with Crippen molar-refractivity contribution >= 4 is 5.91 Å². The highest BCUT2D eigenvalue weighted by atomic mass is 16.4. The minimum Gasteiger partial charge on any atom is -0.394 e. The van der Waals surface area contributed by atoms with Crippen molar-refractivity contribution in [2.24, 2.45) is 0 Å². The van der Waals surface area contributed by atoms with Crippen LogP contribution in [0.15, 0.2) is 0 Å². The molecule has 0 fully saturated rings. The van der Waals surface area contributed by atoms with Crippen molar-refractivity contribution in [2.45, 2.75) is 147 Å². The maximum absolute atomic E-state index is 12.1. The van der Waals surface area contributed by atoms with Gasteiger partial charge in [-0.2, -0.15) is 0 Å². The molecule has 0 saturated heterocycles. The molecule has 4 atom stereocenters. The van der Waals surface area contributed by atoms with Crippen LogP contribution < -0.4 is 5.32 Å². The molecule has 0 aromatic heterocycles. The van der Waals surface area contributed by atoms with Gasteiger partial charge in [0.1, 0.15) is 12.2 Å². The molecule has 6 nitrogen and oxygen atoms in total. The Kier molecular flexibility index (Phi) is 20.7. The number of hydrogen-bond donors (Lipinski definition) is 5. The summed E-state index contributed by atoms with van der Waals surface area (Å²) in [6.45, 7) is 3.85. The third-order valence-electron chi connectivity index (χ3n) is 6.06. The molecule has 0 aromatic rings. The molecule has 0 aliphatic rings. The van der Waals surface area contributed by atoms with Crippen molar-refractivity contribution in [2.75, 3.05) is 6.61 Å². The topological polar surface area (TPSA) is 110 Å². The molecule has 1 amide bonds. The van der Waals surface area contributed by atoms with E-state index in [1.54, 1.807) is 0 Å². The number of unbranched alkanes of at least 4 members (excludes halogenated alkanes) is 13. The average Bonchev–Trinajstić information content (AvgIpc) is 2.77. The Hall–Kier alpha value is -0.690. The van der Waals surface area contributed by atoms with Crippen molar-refractivity contribution < 1.29 is 25.2 Å². The van der Waals surface area contributed by atoms with Crippen molar-refractivity contribution in [1.29, 1.82) is 0 Å². The molecule has 186 valence electrons. The molecule has 0 aromatic carbocycles. The molecule has 6 heteroatoms. The molecule has 0 saturated carbocycles. The van der Waals surface area contributed by atoms with Crippen LogP contribution in [0.2, 0.25) is 0 Å². The normalized spacial score (nSPS) is 15.4. The van der Waals surface area contributed by atoms with Gasteiger partial charge in [0.15, 0.2) is 0 Å². The van der Waals surface area contributed by atoms with Gasteiger partial charge in [0.2, 0.25) is 5.91 Å². The van der Waals surface area contributed by atoms with E-state index in [1.165, 1.54) is 51.4 Å². The van der Waals surface area contributed by atoms with Crippen LogP contribution >= 0.6 is 0 Å². The van der Waals surface area contributed by atoms with Gasteiger partial charge >= 0.3 is 0 Å². The highest BCUT2D eigenvalue weighted by molar-refractivity contribution is 5.76. The molecule has 0 heterocycles. The van der Waals surface area contributed by atoms with Crippen molar-refractivity contribution in [1.82, 2.24) is 5.32 Å². The molecule has 4 unspecified atom stereocenters. The first-order valence-electron chi connectivity index (χ1n) is 12.9. The number of hydrogen-bond acceptors (Lipinski definition) is 5. The summed E-state index contributed by atoms with van der Waals surface area (Å²) in [6.07, 6.45) is 14.1. The standard InChI is InChI=1S/C25H51NO5/c1-3-5-7-9-10-11-12-13-14-15-17-19-23(29)26-21(20-27)24(30)25(31)22(28)18-16-8-6-4-2/h21-22,24-25,27-28,30-31H,3-20H2,1-2H3,(H,26,29). The number of carbonyl (C=O) groups excluding carboxylic acids is 1. The smallest absolute Gasteiger partial charge is 0.220 e. The van der Waals surface area contributed by atoms with E-state index in [9.17, 15) is 25.2 Å². The summed E-state index contributed by atoms with van der Waals surface area (Å²) in [5.74, 6) is -0.237. The number of amides is 1. The average molecular weight is 446 g/mol. The zero-order valence-electron chi connectivity index (χ0n) is 20.2. The largest absolute Gasteiger partial charge is 0.394 e. The molecule has 0 bridgehead atoms. The minimum atomic E-state index is -1.40. The van der Waals surface area contributed by atoms with Gasteiger partial charge in [0, 0.05) is 6.42 Å². The van der Waals surface area contributed by atoms with E-state index < -0.39 is 31.0 Å². The van der Waals surface area contributed by atoms with Crippen molar-refractivity contribution in [3.8, 4) is 0 Å². The van der Waals surface area contributed by atoms with Gasteiger partial charge in [0.05, 0.1) is 18.8 Å². The fourth-order valence-electron chi connectivity index (χ4n) is 3.88. The van der Waals surface area contributed by atoms with Gasteiger partial charge in [-0.15, -0.1) is 0 Å². The lowest BCUT2D eigenvalue weighted by atomic mass is 9.97. The second kappa shape index (κ2) is 21.2. The van der Waals surface area contributed by atoms with Crippen molar-refractivity contribution in [3.05, 3.63) is 0 Å². The molecular weight excluding hydrogens is 394 g/mol. The molecule has 0 aliphatic carbocycles. The van der Waals surface area contributed by atoms with E-state index in [0.717, 1.165) is 44.9 Å². The first kappa shape index (κ1) is 30.3. The fourth-order valence-corrected chi connectivity index (χ4v) is 3.88. The maximum atomic E-state index is 12.1. The van der Waals surface area contributed by atoms with E-state index in [-0.39, 0.29) is 5.91 Å². The molecule has 0 rings (SSSR count). The summed E-state index contributed by atoms with van der Waals surface area (Å²) in [6, 6.07) is -0.972. The third kappa shape index (κ3) is 16.6. The van der Waals surface area contributed by atoms with Gasteiger partial charge in [-0.3, -0.25) is 4.79 Å². The fraction of sp³-hybridized carbons (Fsp3) is 0.960. The summed E-state index contributed by atoms with van der Waals surface area (Å²) in [4.78, 5) is 12.1. The Morgan fingerprint density at radius 1 is 0.677 bits per heavy atom. The Morgan fingerprint density at radius 2 is 1.13 bits per heavy atom. The zero-order valence-corrected chi connectivity index (χ0v) is 20.2. The van der Waals surface area contributed by atoms with Crippen LogP contribution in [0, 0.1) is 0 Å². The summed E-state index contributed by atoms with van der Waals surface area (Å²) >= 11 is 0. The predicted molar refractivity (Wildman–Crippen MR) is 127 cm³/mol. The number of carbonyl (C=O) groups is 1. The van der Waals surface area contributed by atoms with Crippen molar-refractivity contribution in [3.63, 3.8) is 0 Å². The van der Waals surface area contributed by atoms with Crippen LogP contribution in [-0.2, 0) is 4.79 Å². The Bertz CT molecular complexity index is 407. The summed E-state index contributed by atoms with van der Waals surface area (Å²) in [5.41, 5.74) is 0. The van der Waals surface area contributed by atoms with Gasteiger partial charge in [0.25, 0.3) is 0 Å². The molecular formula is C25H51NO5. The zero-order chi connectivity index (χ0) is 23.3. The van der Waals surface area contributed by atoms with Crippen LogP contribution in [0.4, 0.5) is 0 Å². The van der Waals surface area contributed by atoms with Crippen LogP contribution in [0.1, 0.15) is 123 Å². The molecule has 0 radical (unpaired) electrons.